The SMILES string of the molecule is Cc1c(F)c(N2CCC(C)CC2)c(F)c(C)c1NC(=O)CC(C)(C)C. The fraction of sp³-hybridized carbons (Fsp3) is 0.650. The zero-order valence-electron chi connectivity index (χ0n) is 16.2. The predicted molar refractivity (Wildman–Crippen MR) is 99.1 cm³/mol. The number of hydrogen-bond donors (Lipinski definition) is 1. The van der Waals surface area contributed by atoms with Gasteiger partial charge in [-0.3, -0.25) is 4.79 Å². The van der Waals surface area contributed by atoms with Crippen molar-refractivity contribution in [2.75, 3.05) is 23.3 Å². The third kappa shape index (κ3) is 4.50. The smallest absolute Gasteiger partial charge is 0.224 e. The molecule has 0 unspecified atom stereocenters. The van der Waals surface area contributed by atoms with Gasteiger partial charge in [-0.1, -0.05) is 27.7 Å². The topological polar surface area (TPSA) is 32.3 Å². The minimum Gasteiger partial charge on any atom is -0.367 e. The fourth-order valence-electron chi connectivity index (χ4n) is 3.31. The summed E-state index contributed by atoms with van der Waals surface area (Å²) in [5, 5.41) is 2.72. The number of piperidine rings is 1. The van der Waals surface area contributed by atoms with E-state index in [2.05, 4.69) is 12.2 Å². The molecule has 25 heavy (non-hydrogen) atoms. The molecule has 1 aromatic rings. The highest BCUT2D eigenvalue weighted by molar-refractivity contribution is 5.93. The Bertz CT molecular complexity index is 628. The molecule has 0 radical (unpaired) electrons. The van der Waals surface area contributed by atoms with Gasteiger partial charge < -0.3 is 10.2 Å². The van der Waals surface area contributed by atoms with Gasteiger partial charge in [-0.2, -0.15) is 0 Å². The van der Waals surface area contributed by atoms with Gasteiger partial charge in [0.2, 0.25) is 5.91 Å². The van der Waals surface area contributed by atoms with Crippen molar-refractivity contribution >= 4 is 17.3 Å². The second-order valence-electron chi connectivity index (χ2n) is 8.56. The van der Waals surface area contributed by atoms with Crippen LogP contribution in [-0.4, -0.2) is 19.0 Å². The number of carbonyl (C=O) groups excluding carboxylic acids is 1. The average Bonchev–Trinajstić information content (AvgIpc) is 2.50. The van der Waals surface area contributed by atoms with Gasteiger partial charge >= 0.3 is 0 Å². The Kier molecular flexibility index (Phi) is 5.75. The number of rotatable bonds is 3. The van der Waals surface area contributed by atoms with E-state index >= 15 is 0 Å². The summed E-state index contributed by atoms with van der Waals surface area (Å²) in [6.07, 6.45) is 2.16. The summed E-state index contributed by atoms with van der Waals surface area (Å²) in [6.45, 7) is 12.5. The van der Waals surface area contributed by atoms with Gasteiger partial charge in [-0.05, 0) is 38.0 Å². The first-order valence-corrected chi connectivity index (χ1v) is 9.04. The molecule has 0 spiro atoms. The molecule has 1 aliphatic heterocycles. The Hall–Kier alpha value is -1.65. The van der Waals surface area contributed by atoms with Gasteiger partial charge in [0.25, 0.3) is 0 Å². The zero-order valence-corrected chi connectivity index (χ0v) is 16.2. The van der Waals surface area contributed by atoms with Gasteiger partial charge in [-0.15, -0.1) is 0 Å². The molecular weight excluding hydrogens is 322 g/mol. The molecule has 1 N–H and O–H groups in total. The number of amides is 1. The van der Waals surface area contributed by atoms with Gasteiger partial charge in [0.1, 0.15) is 5.69 Å². The number of carbonyl (C=O) groups is 1. The largest absolute Gasteiger partial charge is 0.367 e. The molecular formula is C20H30F2N2O. The van der Waals surface area contributed by atoms with E-state index in [0.717, 1.165) is 12.8 Å². The van der Waals surface area contributed by atoms with E-state index in [4.69, 9.17) is 0 Å². The van der Waals surface area contributed by atoms with Crippen LogP contribution in [0, 0.1) is 36.8 Å². The molecule has 1 aliphatic rings. The predicted octanol–water partition coefficient (Wildman–Crippen LogP) is 5.19. The maximum atomic E-state index is 14.9. The van der Waals surface area contributed by atoms with E-state index in [1.54, 1.807) is 18.7 Å². The van der Waals surface area contributed by atoms with E-state index in [1.807, 2.05) is 20.8 Å². The first-order valence-electron chi connectivity index (χ1n) is 9.04. The lowest BCUT2D eigenvalue weighted by atomic mass is 9.91. The number of nitrogens with zero attached hydrogens (tertiary/aromatic N) is 1. The average molecular weight is 352 g/mol. The highest BCUT2D eigenvalue weighted by Gasteiger charge is 2.27. The van der Waals surface area contributed by atoms with E-state index in [1.165, 1.54) is 0 Å². The lowest BCUT2D eigenvalue weighted by molar-refractivity contribution is -0.117. The second kappa shape index (κ2) is 7.30. The lowest BCUT2D eigenvalue weighted by Crippen LogP contribution is -2.34. The Morgan fingerprint density at radius 1 is 1.12 bits per heavy atom. The summed E-state index contributed by atoms with van der Waals surface area (Å²) in [5.74, 6) is -0.773. The van der Waals surface area contributed by atoms with Crippen molar-refractivity contribution in [2.45, 2.75) is 60.8 Å². The molecule has 0 atom stereocenters. The van der Waals surface area contributed by atoms with Crippen LogP contribution in [0.4, 0.5) is 20.2 Å². The molecule has 1 saturated heterocycles. The molecule has 1 heterocycles. The summed E-state index contributed by atoms with van der Waals surface area (Å²) in [7, 11) is 0. The molecule has 5 heteroatoms. The molecule has 0 aliphatic carbocycles. The van der Waals surface area contributed by atoms with Crippen LogP contribution in [0.5, 0.6) is 0 Å². The van der Waals surface area contributed by atoms with Crippen LogP contribution < -0.4 is 10.2 Å². The zero-order chi connectivity index (χ0) is 18.9. The summed E-state index contributed by atoms with van der Waals surface area (Å²) in [4.78, 5) is 14.0. The van der Waals surface area contributed by atoms with Gasteiger partial charge in [0, 0.05) is 30.6 Å². The highest BCUT2D eigenvalue weighted by atomic mass is 19.1. The van der Waals surface area contributed by atoms with Crippen LogP contribution in [0.1, 0.15) is 58.1 Å². The molecule has 2 rings (SSSR count). The Balaban J connectivity index is 2.34. The monoisotopic (exact) mass is 352 g/mol. The molecule has 0 bridgehead atoms. The molecule has 1 aromatic carbocycles. The van der Waals surface area contributed by atoms with Crippen molar-refractivity contribution < 1.29 is 13.6 Å². The molecule has 140 valence electrons. The van der Waals surface area contributed by atoms with Crippen molar-refractivity contribution in [3.8, 4) is 0 Å². The first-order chi connectivity index (χ1) is 11.5. The van der Waals surface area contributed by atoms with Crippen molar-refractivity contribution in [3.05, 3.63) is 22.8 Å². The highest BCUT2D eigenvalue weighted by Crippen LogP contribution is 2.37. The Labute approximate surface area is 149 Å². The number of halogens is 2. The number of anilines is 2. The number of benzene rings is 1. The van der Waals surface area contributed by atoms with Crippen LogP contribution in [0.15, 0.2) is 0 Å². The maximum absolute atomic E-state index is 14.9. The summed E-state index contributed by atoms with van der Waals surface area (Å²) in [6, 6.07) is 0. The standard InChI is InChI=1S/C20H30F2N2O/c1-12-7-9-24(10-8-12)19-16(21)13(2)18(14(3)17(19)22)23-15(25)11-20(4,5)6/h12H,7-11H2,1-6H3,(H,23,25). The third-order valence-corrected chi connectivity index (χ3v) is 4.88. The van der Waals surface area contributed by atoms with Crippen LogP contribution in [0.2, 0.25) is 0 Å². The first kappa shape index (κ1) is 19.7. The van der Waals surface area contributed by atoms with Crippen molar-refractivity contribution in [1.29, 1.82) is 0 Å². The minimum absolute atomic E-state index is 0.0516. The molecule has 3 nitrogen and oxygen atoms in total. The minimum atomic E-state index is -0.566. The summed E-state index contributed by atoms with van der Waals surface area (Å²) in [5.41, 5.74) is 0.728. The van der Waals surface area contributed by atoms with E-state index < -0.39 is 11.6 Å². The molecule has 0 saturated carbocycles. The van der Waals surface area contributed by atoms with E-state index in [0.29, 0.717) is 36.6 Å². The fourth-order valence-corrected chi connectivity index (χ4v) is 3.31. The van der Waals surface area contributed by atoms with Crippen molar-refractivity contribution in [2.24, 2.45) is 11.3 Å². The summed E-state index contributed by atoms with van der Waals surface area (Å²) >= 11 is 0. The van der Waals surface area contributed by atoms with E-state index in [-0.39, 0.29) is 22.7 Å². The molecule has 0 aromatic heterocycles. The third-order valence-electron chi connectivity index (χ3n) is 4.88. The second-order valence-corrected chi connectivity index (χ2v) is 8.56. The Morgan fingerprint density at radius 3 is 2.04 bits per heavy atom. The number of hydrogen-bond acceptors (Lipinski definition) is 2. The lowest BCUT2D eigenvalue weighted by Gasteiger charge is -2.33. The summed E-state index contributed by atoms with van der Waals surface area (Å²) < 4.78 is 29.9. The van der Waals surface area contributed by atoms with Crippen LogP contribution in [-0.2, 0) is 4.79 Å². The van der Waals surface area contributed by atoms with E-state index in [9.17, 15) is 13.6 Å². The van der Waals surface area contributed by atoms with Crippen molar-refractivity contribution in [1.82, 2.24) is 0 Å². The normalized spacial score (nSPS) is 16.2. The maximum Gasteiger partial charge on any atom is 0.224 e. The van der Waals surface area contributed by atoms with Gasteiger partial charge in [-0.25, -0.2) is 8.78 Å². The van der Waals surface area contributed by atoms with Gasteiger partial charge in [0.05, 0.1) is 5.69 Å². The van der Waals surface area contributed by atoms with Crippen LogP contribution >= 0.6 is 0 Å². The number of nitrogens with one attached hydrogen (secondary N) is 1. The van der Waals surface area contributed by atoms with Gasteiger partial charge in [0.15, 0.2) is 11.6 Å². The molecule has 1 amide bonds. The quantitative estimate of drug-likeness (QED) is 0.811. The van der Waals surface area contributed by atoms with Crippen LogP contribution in [0.25, 0.3) is 0 Å². The van der Waals surface area contributed by atoms with Crippen molar-refractivity contribution in [3.63, 3.8) is 0 Å². The van der Waals surface area contributed by atoms with Crippen LogP contribution in [0.3, 0.4) is 0 Å². The molecule has 1 fully saturated rings. The Morgan fingerprint density at radius 2 is 1.60 bits per heavy atom.